The third-order valence-corrected chi connectivity index (χ3v) is 3.05. The summed E-state index contributed by atoms with van der Waals surface area (Å²) in [7, 11) is 2.04. The molecule has 0 heterocycles. The minimum absolute atomic E-state index is 0.0157. The Morgan fingerprint density at radius 3 is 2.69 bits per heavy atom. The van der Waals surface area contributed by atoms with Crippen molar-refractivity contribution in [1.82, 2.24) is 0 Å². The van der Waals surface area contributed by atoms with Crippen molar-refractivity contribution in [2.45, 2.75) is 27.2 Å². The van der Waals surface area contributed by atoms with Crippen molar-refractivity contribution in [1.29, 1.82) is 0 Å². The maximum absolute atomic E-state index is 11.5. The highest BCUT2D eigenvalue weighted by molar-refractivity contribution is 7.10. The van der Waals surface area contributed by atoms with E-state index in [1.54, 1.807) is 0 Å². The molecule has 13 heavy (non-hydrogen) atoms. The van der Waals surface area contributed by atoms with Crippen LogP contribution in [0.4, 0.5) is 0 Å². The van der Waals surface area contributed by atoms with Gasteiger partial charge in [0.1, 0.15) is 0 Å². The monoisotopic (exact) mass is 200 g/mol. The summed E-state index contributed by atoms with van der Waals surface area (Å²) in [6, 6.07) is 0. The molecule has 0 radical (unpaired) electrons. The maximum Gasteiger partial charge on any atom is 0.312 e. The molecular weight excluding hydrogens is 183 g/mol. The Labute approximate surface area is 82.0 Å². The molecule has 0 aromatic rings. The summed E-state index contributed by atoms with van der Waals surface area (Å²) < 4.78 is 4.74. The molecule has 1 rings (SSSR count). The zero-order valence-electron chi connectivity index (χ0n) is 8.41. The van der Waals surface area contributed by atoms with E-state index in [0.717, 1.165) is 6.42 Å². The van der Waals surface area contributed by atoms with Gasteiger partial charge in [-0.15, -0.1) is 0 Å². The Morgan fingerprint density at radius 1 is 1.62 bits per heavy atom. The average molecular weight is 200 g/mol. The van der Waals surface area contributed by atoms with Crippen molar-refractivity contribution in [2.24, 2.45) is 17.3 Å². The molecule has 0 saturated heterocycles. The van der Waals surface area contributed by atoms with E-state index in [0.29, 0.717) is 0 Å². The van der Waals surface area contributed by atoms with Gasteiger partial charge in [0.15, 0.2) is 0 Å². The molecule has 0 amide bonds. The number of rotatable bonds is 1. The van der Waals surface area contributed by atoms with Crippen LogP contribution in [0.2, 0.25) is 0 Å². The summed E-state index contributed by atoms with van der Waals surface area (Å²) in [5.41, 5.74) is 0.0157. The van der Waals surface area contributed by atoms with Crippen molar-refractivity contribution in [2.75, 3.05) is 0 Å². The summed E-state index contributed by atoms with van der Waals surface area (Å²) in [5, 5.41) is 0. The van der Waals surface area contributed by atoms with E-state index >= 15 is 0 Å². The van der Waals surface area contributed by atoms with Crippen LogP contribution in [0.1, 0.15) is 27.2 Å². The van der Waals surface area contributed by atoms with Crippen molar-refractivity contribution >= 4 is 15.4 Å². The molecule has 0 aromatic heterocycles. The van der Waals surface area contributed by atoms with Gasteiger partial charge in [-0.25, -0.2) is 0 Å². The quantitative estimate of drug-likeness (QED) is 0.480. The lowest BCUT2D eigenvalue weighted by Gasteiger charge is -2.37. The molecule has 1 aliphatic rings. The fourth-order valence-corrected chi connectivity index (χ4v) is 2.29. The van der Waals surface area contributed by atoms with Gasteiger partial charge in [0, 0.05) is 0 Å². The third-order valence-electron chi connectivity index (χ3n) is 2.82. The molecule has 0 aliphatic heterocycles. The third kappa shape index (κ3) is 2.11. The van der Waals surface area contributed by atoms with E-state index in [9.17, 15) is 4.79 Å². The van der Waals surface area contributed by atoms with E-state index in [4.69, 9.17) is 4.52 Å². The lowest BCUT2D eigenvalue weighted by molar-refractivity contribution is -0.143. The first-order valence-corrected chi connectivity index (χ1v) is 5.03. The molecule has 0 bridgehead atoms. The van der Waals surface area contributed by atoms with Crippen LogP contribution in [0.5, 0.6) is 0 Å². The van der Waals surface area contributed by atoms with Crippen LogP contribution in [0.15, 0.2) is 12.2 Å². The second-order valence-corrected chi connectivity index (χ2v) is 4.63. The van der Waals surface area contributed by atoms with Crippen LogP contribution < -0.4 is 0 Å². The Bertz CT molecular complexity index is 233. The van der Waals surface area contributed by atoms with E-state index in [2.05, 4.69) is 32.9 Å². The first-order valence-electron chi connectivity index (χ1n) is 4.56. The van der Waals surface area contributed by atoms with Crippen LogP contribution >= 0.6 is 9.47 Å². The zero-order chi connectivity index (χ0) is 10.1. The molecule has 0 N–H and O–H groups in total. The first-order chi connectivity index (χ1) is 5.99. The number of carbonyl (C=O) groups excluding carboxylic acids is 1. The van der Waals surface area contributed by atoms with Gasteiger partial charge in [-0.05, 0) is 17.8 Å². The predicted molar refractivity (Wildman–Crippen MR) is 56.0 cm³/mol. The number of hydrogen-bond acceptors (Lipinski definition) is 2. The number of hydrogen-bond donors (Lipinski definition) is 0. The van der Waals surface area contributed by atoms with Crippen LogP contribution in [0, 0.1) is 17.3 Å². The smallest absolute Gasteiger partial charge is 0.312 e. The van der Waals surface area contributed by atoms with Crippen LogP contribution in [0.25, 0.3) is 0 Å². The van der Waals surface area contributed by atoms with Crippen LogP contribution in [-0.4, -0.2) is 5.97 Å². The van der Waals surface area contributed by atoms with Gasteiger partial charge in [-0.1, -0.05) is 32.9 Å². The van der Waals surface area contributed by atoms with Crippen LogP contribution in [0.3, 0.4) is 0 Å². The molecular formula is C10H17O2P. The van der Waals surface area contributed by atoms with Gasteiger partial charge >= 0.3 is 5.97 Å². The summed E-state index contributed by atoms with van der Waals surface area (Å²) in [4.78, 5) is 11.5. The van der Waals surface area contributed by atoms with Gasteiger partial charge in [0.05, 0.1) is 15.4 Å². The molecule has 0 fully saturated rings. The topological polar surface area (TPSA) is 26.3 Å². The lowest BCUT2D eigenvalue weighted by Crippen LogP contribution is -2.37. The van der Waals surface area contributed by atoms with E-state index in [-0.39, 0.29) is 23.2 Å². The largest absolute Gasteiger partial charge is 0.451 e. The van der Waals surface area contributed by atoms with E-state index < -0.39 is 0 Å². The molecule has 3 heteroatoms. The van der Waals surface area contributed by atoms with Gasteiger partial charge in [-0.3, -0.25) is 4.79 Å². The van der Waals surface area contributed by atoms with Crippen molar-refractivity contribution < 1.29 is 9.32 Å². The molecule has 1 aliphatic carbocycles. The highest BCUT2D eigenvalue weighted by Crippen LogP contribution is 2.41. The lowest BCUT2D eigenvalue weighted by atomic mass is 9.67. The van der Waals surface area contributed by atoms with Crippen molar-refractivity contribution in [3.05, 3.63) is 12.2 Å². The Balaban J connectivity index is 2.90. The minimum Gasteiger partial charge on any atom is -0.451 e. The van der Waals surface area contributed by atoms with Crippen molar-refractivity contribution in [3.8, 4) is 0 Å². The fraction of sp³-hybridized carbons (Fsp3) is 0.700. The summed E-state index contributed by atoms with van der Waals surface area (Å²) >= 11 is 0. The van der Waals surface area contributed by atoms with Crippen molar-refractivity contribution in [3.63, 3.8) is 0 Å². The maximum atomic E-state index is 11.5. The molecule has 2 nitrogen and oxygen atoms in total. The molecule has 0 saturated carbocycles. The minimum atomic E-state index is -0.119. The molecule has 0 spiro atoms. The molecule has 3 atom stereocenters. The van der Waals surface area contributed by atoms with Gasteiger partial charge in [-0.2, -0.15) is 0 Å². The van der Waals surface area contributed by atoms with Crippen LogP contribution in [-0.2, 0) is 9.32 Å². The normalized spacial score (nSPS) is 31.4. The SMILES string of the molecule is CC1C=CCC(C)(C)C1C(=O)OP. The fourth-order valence-electron chi connectivity index (χ4n) is 2.14. The van der Waals surface area contributed by atoms with Gasteiger partial charge < -0.3 is 4.52 Å². The Hall–Kier alpha value is -0.360. The second-order valence-electron chi connectivity index (χ2n) is 4.39. The second kappa shape index (κ2) is 3.79. The number of allylic oxidation sites excluding steroid dienone is 2. The molecule has 0 aromatic carbocycles. The summed E-state index contributed by atoms with van der Waals surface area (Å²) in [6.07, 6.45) is 5.19. The number of carbonyl (C=O) groups is 1. The Kier molecular flexibility index (Phi) is 3.13. The first kappa shape index (κ1) is 10.7. The van der Waals surface area contributed by atoms with E-state index in [1.807, 2.05) is 9.47 Å². The highest BCUT2D eigenvalue weighted by atomic mass is 31.0. The van der Waals surface area contributed by atoms with E-state index in [1.165, 1.54) is 0 Å². The molecule has 3 unspecified atom stereocenters. The average Bonchev–Trinajstić information content (AvgIpc) is 2.02. The van der Waals surface area contributed by atoms with Gasteiger partial charge in [0.25, 0.3) is 0 Å². The molecule has 74 valence electrons. The summed E-state index contributed by atoms with van der Waals surface area (Å²) in [6.45, 7) is 6.28. The predicted octanol–water partition coefficient (Wildman–Crippen LogP) is 2.56. The standard InChI is InChI=1S/C10H17O2P/c1-7-5-4-6-10(2,3)8(7)9(11)12-13/h4-5,7-8H,6,13H2,1-3H3. The zero-order valence-corrected chi connectivity index (χ0v) is 9.57. The summed E-state index contributed by atoms with van der Waals surface area (Å²) in [5.74, 6) is 0.138. The Morgan fingerprint density at radius 2 is 2.23 bits per heavy atom. The van der Waals surface area contributed by atoms with Gasteiger partial charge in [0.2, 0.25) is 0 Å². The highest BCUT2D eigenvalue weighted by Gasteiger charge is 2.40.